The molecule has 29 heavy (non-hydrogen) atoms. The molecule has 1 aromatic heterocycles. The lowest BCUT2D eigenvalue weighted by molar-refractivity contribution is -0.137. The molecule has 0 aliphatic carbocycles. The van der Waals surface area contributed by atoms with Crippen molar-refractivity contribution in [3.05, 3.63) is 51.8 Å². The van der Waals surface area contributed by atoms with E-state index in [0.717, 1.165) is 12.0 Å². The van der Waals surface area contributed by atoms with Crippen LogP contribution in [-0.4, -0.2) is 46.3 Å². The number of rotatable bonds is 5. The summed E-state index contributed by atoms with van der Waals surface area (Å²) in [7, 11) is 0. The molecule has 7 heteroatoms. The number of ether oxygens (including phenoxy) is 1. The number of aromatic nitrogens is 2. The van der Waals surface area contributed by atoms with Crippen molar-refractivity contribution in [2.24, 2.45) is 11.8 Å². The number of benzene rings is 1. The van der Waals surface area contributed by atoms with Crippen LogP contribution < -0.4 is 0 Å². The van der Waals surface area contributed by atoms with Crippen molar-refractivity contribution in [3.8, 4) is 0 Å². The number of carbonyl (C=O) groups is 2. The highest BCUT2D eigenvalue weighted by atomic mass is 35.5. The fourth-order valence-corrected chi connectivity index (χ4v) is 4.29. The maximum Gasteiger partial charge on any atom is 0.342 e. The molecule has 1 aliphatic rings. The molecule has 156 valence electrons. The van der Waals surface area contributed by atoms with Crippen molar-refractivity contribution in [1.82, 2.24) is 14.7 Å². The molecular weight excluding hydrogens is 390 g/mol. The van der Waals surface area contributed by atoms with Gasteiger partial charge in [-0.25, -0.2) is 4.79 Å². The highest BCUT2D eigenvalue weighted by Crippen LogP contribution is 2.22. The highest BCUT2D eigenvalue weighted by molar-refractivity contribution is 6.31. The van der Waals surface area contributed by atoms with E-state index in [1.165, 1.54) is 0 Å². The Hall–Kier alpha value is -2.34. The first-order chi connectivity index (χ1) is 13.8. The summed E-state index contributed by atoms with van der Waals surface area (Å²) in [4.78, 5) is 27.0. The Morgan fingerprint density at radius 1 is 1.17 bits per heavy atom. The molecule has 2 atom stereocenters. The van der Waals surface area contributed by atoms with Crippen LogP contribution in [0.4, 0.5) is 0 Å². The number of hydrogen-bond acceptors (Lipinski definition) is 4. The first-order valence-corrected chi connectivity index (χ1v) is 10.4. The number of hydrogen-bond donors (Lipinski definition) is 0. The standard InChI is InChI=1S/C22H28ClN3O3/c1-14-9-15(2)11-25(10-14)20(27)13-29-22(28)21-16(3)24-26(17(21)4)12-18-7-5-6-8-19(18)23/h5-8,14-15H,9-13H2,1-4H3/t14-,15+. The lowest BCUT2D eigenvalue weighted by Gasteiger charge is -2.34. The van der Waals surface area contributed by atoms with Crippen LogP contribution in [0.2, 0.25) is 5.02 Å². The number of halogens is 1. The van der Waals surface area contributed by atoms with Crippen LogP contribution in [0.1, 0.15) is 47.6 Å². The number of likely N-dealkylation sites (tertiary alicyclic amines) is 1. The van der Waals surface area contributed by atoms with E-state index in [1.807, 2.05) is 31.2 Å². The summed E-state index contributed by atoms with van der Waals surface area (Å²) in [5.41, 5.74) is 2.60. The molecule has 1 aliphatic heterocycles. The van der Waals surface area contributed by atoms with Crippen molar-refractivity contribution >= 4 is 23.5 Å². The summed E-state index contributed by atoms with van der Waals surface area (Å²) < 4.78 is 7.09. The van der Waals surface area contributed by atoms with Gasteiger partial charge >= 0.3 is 5.97 Å². The minimum atomic E-state index is -0.517. The lowest BCUT2D eigenvalue weighted by atomic mass is 9.92. The van der Waals surface area contributed by atoms with E-state index in [-0.39, 0.29) is 12.5 Å². The zero-order valence-electron chi connectivity index (χ0n) is 17.4. The largest absolute Gasteiger partial charge is 0.452 e. The number of amides is 1. The third kappa shape index (κ3) is 4.99. The average molecular weight is 418 g/mol. The van der Waals surface area contributed by atoms with Crippen LogP contribution in [0, 0.1) is 25.7 Å². The van der Waals surface area contributed by atoms with Gasteiger partial charge in [-0.05, 0) is 43.7 Å². The summed E-state index contributed by atoms with van der Waals surface area (Å²) in [6.07, 6.45) is 1.12. The van der Waals surface area contributed by atoms with E-state index in [1.54, 1.807) is 16.5 Å². The van der Waals surface area contributed by atoms with Gasteiger partial charge in [0.25, 0.3) is 5.91 Å². The zero-order valence-corrected chi connectivity index (χ0v) is 18.2. The van der Waals surface area contributed by atoms with Crippen molar-refractivity contribution in [2.45, 2.75) is 40.7 Å². The Kier molecular flexibility index (Phi) is 6.63. The molecule has 6 nitrogen and oxygen atoms in total. The van der Waals surface area contributed by atoms with Gasteiger partial charge in [0.05, 0.1) is 17.9 Å². The molecule has 1 amide bonds. The second-order valence-electron chi connectivity index (χ2n) is 8.12. The molecule has 2 aromatic rings. The molecule has 0 spiro atoms. The normalized spacial score (nSPS) is 19.3. The zero-order chi connectivity index (χ0) is 21.1. The molecule has 0 saturated carbocycles. The van der Waals surface area contributed by atoms with Crippen LogP contribution in [-0.2, 0) is 16.1 Å². The van der Waals surface area contributed by atoms with Gasteiger partial charge < -0.3 is 9.64 Å². The van der Waals surface area contributed by atoms with Crippen LogP contribution in [0.3, 0.4) is 0 Å². The maximum atomic E-state index is 12.7. The summed E-state index contributed by atoms with van der Waals surface area (Å²) >= 11 is 6.24. The molecule has 0 N–H and O–H groups in total. The minimum Gasteiger partial charge on any atom is -0.452 e. The van der Waals surface area contributed by atoms with Gasteiger partial charge in [0, 0.05) is 18.1 Å². The van der Waals surface area contributed by atoms with Crippen LogP contribution >= 0.6 is 11.6 Å². The number of aryl methyl sites for hydroxylation is 1. The molecule has 1 aromatic carbocycles. The fourth-order valence-electron chi connectivity index (χ4n) is 4.09. The van der Waals surface area contributed by atoms with E-state index < -0.39 is 5.97 Å². The average Bonchev–Trinajstić information content (AvgIpc) is 2.94. The molecule has 1 fully saturated rings. The lowest BCUT2D eigenvalue weighted by Crippen LogP contribution is -2.44. The maximum absolute atomic E-state index is 12.7. The predicted molar refractivity (Wildman–Crippen MR) is 112 cm³/mol. The van der Waals surface area contributed by atoms with Gasteiger partial charge in [0.2, 0.25) is 0 Å². The summed E-state index contributed by atoms with van der Waals surface area (Å²) in [6.45, 7) is 9.52. The minimum absolute atomic E-state index is 0.143. The monoisotopic (exact) mass is 417 g/mol. The Bertz CT molecular complexity index is 899. The van der Waals surface area contributed by atoms with E-state index >= 15 is 0 Å². The van der Waals surface area contributed by atoms with Crippen molar-refractivity contribution in [1.29, 1.82) is 0 Å². The third-order valence-electron chi connectivity index (χ3n) is 5.41. The van der Waals surface area contributed by atoms with Crippen molar-refractivity contribution in [3.63, 3.8) is 0 Å². The van der Waals surface area contributed by atoms with E-state index in [0.29, 0.717) is 53.4 Å². The SMILES string of the molecule is Cc1nn(Cc2ccccc2Cl)c(C)c1C(=O)OCC(=O)N1C[C@H](C)C[C@H](C)C1. The topological polar surface area (TPSA) is 64.4 Å². The van der Waals surface area contributed by atoms with Gasteiger partial charge in [0.1, 0.15) is 5.56 Å². The van der Waals surface area contributed by atoms with E-state index in [9.17, 15) is 9.59 Å². The predicted octanol–water partition coefficient (Wildman–Crippen LogP) is 3.86. The molecule has 0 unspecified atom stereocenters. The van der Waals surface area contributed by atoms with E-state index in [4.69, 9.17) is 16.3 Å². The van der Waals surface area contributed by atoms with Gasteiger partial charge in [-0.1, -0.05) is 43.6 Å². The van der Waals surface area contributed by atoms with Crippen LogP contribution in [0.25, 0.3) is 0 Å². The van der Waals surface area contributed by atoms with Crippen LogP contribution in [0.5, 0.6) is 0 Å². The van der Waals surface area contributed by atoms with Gasteiger partial charge in [-0.2, -0.15) is 5.10 Å². The molecule has 0 bridgehead atoms. The molecule has 1 saturated heterocycles. The Labute approximate surface area is 176 Å². The van der Waals surface area contributed by atoms with Crippen molar-refractivity contribution < 1.29 is 14.3 Å². The first-order valence-electron chi connectivity index (χ1n) is 9.98. The van der Waals surface area contributed by atoms with Gasteiger partial charge in [-0.3, -0.25) is 9.48 Å². The highest BCUT2D eigenvalue weighted by Gasteiger charge is 2.27. The van der Waals surface area contributed by atoms with Crippen LogP contribution in [0.15, 0.2) is 24.3 Å². The van der Waals surface area contributed by atoms with Crippen molar-refractivity contribution in [2.75, 3.05) is 19.7 Å². The van der Waals surface area contributed by atoms with Gasteiger partial charge in [-0.15, -0.1) is 0 Å². The number of esters is 1. The van der Waals surface area contributed by atoms with E-state index in [2.05, 4.69) is 18.9 Å². The Morgan fingerprint density at radius 2 is 1.83 bits per heavy atom. The number of carbonyl (C=O) groups excluding carboxylic acids is 2. The second-order valence-corrected chi connectivity index (χ2v) is 8.52. The summed E-state index contributed by atoms with van der Waals surface area (Å²) in [6, 6.07) is 7.54. The molecule has 2 heterocycles. The number of nitrogens with zero attached hydrogens (tertiary/aromatic N) is 3. The Balaban J connectivity index is 1.66. The second kappa shape index (κ2) is 8.99. The third-order valence-corrected chi connectivity index (χ3v) is 5.78. The molecule has 0 radical (unpaired) electrons. The molecule has 3 rings (SSSR count). The first kappa shape index (κ1) is 21.4. The van der Waals surface area contributed by atoms with Gasteiger partial charge in [0.15, 0.2) is 6.61 Å². The number of piperidine rings is 1. The summed E-state index contributed by atoms with van der Waals surface area (Å²) in [5.74, 6) is 0.268. The smallest absolute Gasteiger partial charge is 0.342 e. The molecular formula is C22H28ClN3O3. The quantitative estimate of drug-likeness (QED) is 0.693. The Morgan fingerprint density at radius 3 is 2.48 bits per heavy atom. The summed E-state index contributed by atoms with van der Waals surface area (Å²) in [5, 5.41) is 5.12. The fraction of sp³-hybridized carbons (Fsp3) is 0.500.